The molecule has 1 aliphatic heterocycles. The second-order valence-corrected chi connectivity index (χ2v) is 5.15. The fourth-order valence-corrected chi connectivity index (χ4v) is 1.95. The van der Waals surface area contributed by atoms with E-state index in [0.717, 1.165) is 0 Å². The second kappa shape index (κ2) is 5.78. The van der Waals surface area contributed by atoms with E-state index in [0.29, 0.717) is 24.5 Å². The topological polar surface area (TPSA) is 91.0 Å². The molecule has 6 nitrogen and oxygen atoms in total. The molecule has 0 aliphatic carbocycles. The predicted molar refractivity (Wildman–Crippen MR) is 71.4 cm³/mol. The highest BCUT2D eigenvalue weighted by Crippen LogP contribution is 2.23. The lowest BCUT2D eigenvalue weighted by molar-refractivity contribution is -0.141. The van der Waals surface area contributed by atoms with Gasteiger partial charge in [-0.15, -0.1) is 0 Å². The molecule has 20 heavy (non-hydrogen) atoms. The number of hydrogen-bond donors (Lipinski definition) is 2. The summed E-state index contributed by atoms with van der Waals surface area (Å²) in [6.07, 6.45) is -0.106. The average Bonchev–Trinajstić information content (AvgIpc) is 2.75. The highest BCUT2D eigenvalue weighted by Gasteiger charge is 2.32. The molecule has 110 valence electrons. The molecule has 0 spiro atoms. The van der Waals surface area contributed by atoms with E-state index in [1.165, 1.54) is 0 Å². The van der Waals surface area contributed by atoms with Crippen LogP contribution in [0.1, 0.15) is 25.5 Å². The molecule has 1 aromatic rings. The van der Waals surface area contributed by atoms with Crippen molar-refractivity contribution in [2.24, 2.45) is 5.73 Å². The molecular weight excluding hydrogens is 262 g/mol. The molecule has 1 fully saturated rings. The van der Waals surface area contributed by atoms with Crippen LogP contribution in [0, 0.1) is 0 Å². The summed E-state index contributed by atoms with van der Waals surface area (Å²) in [5, 5.41) is 8.81. The van der Waals surface area contributed by atoms with Crippen LogP contribution in [0.5, 0.6) is 5.75 Å². The third kappa shape index (κ3) is 3.69. The quantitative estimate of drug-likeness (QED) is 0.845. The first-order chi connectivity index (χ1) is 9.37. The number of rotatable bonds is 5. The van der Waals surface area contributed by atoms with Gasteiger partial charge in [-0.1, -0.05) is 12.1 Å². The molecule has 0 radical (unpaired) electrons. The minimum atomic E-state index is -1.06. The van der Waals surface area contributed by atoms with E-state index >= 15 is 0 Å². The molecule has 0 aromatic heterocycles. The molecule has 1 heterocycles. The van der Waals surface area contributed by atoms with Crippen molar-refractivity contribution in [2.45, 2.75) is 31.8 Å². The van der Waals surface area contributed by atoms with Gasteiger partial charge in [0.25, 0.3) is 0 Å². The van der Waals surface area contributed by atoms with Crippen molar-refractivity contribution < 1.29 is 24.1 Å². The molecule has 1 unspecified atom stereocenters. The summed E-state index contributed by atoms with van der Waals surface area (Å²) in [5.74, 6) is -0.983. The van der Waals surface area contributed by atoms with Gasteiger partial charge >= 0.3 is 5.97 Å². The first kappa shape index (κ1) is 14.8. The Balaban J connectivity index is 1.87. The minimum Gasteiger partial charge on any atom is -0.491 e. The largest absolute Gasteiger partial charge is 0.491 e. The number of nitrogens with two attached hydrogens (primary N) is 1. The van der Waals surface area contributed by atoms with E-state index in [4.69, 9.17) is 25.1 Å². The van der Waals surface area contributed by atoms with Crippen molar-refractivity contribution in [1.29, 1.82) is 0 Å². The smallest absolute Gasteiger partial charge is 0.325 e. The maximum Gasteiger partial charge on any atom is 0.325 e. The predicted octanol–water partition coefficient (Wildman–Crippen LogP) is 1.30. The fourth-order valence-electron chi connectivity index (χ4n) is 1.95. The van der Waals surface area contributed by atoms with Gasteiger partial charge in [0.15, 0.2) is 5.79 Å². The summed E-state index contributed by atoms with van der Waals surface area (Å²) in [4.78, 5) is 10.8. The summed E-state index contributed by atoms with van der Waals surface area (Å²) in [7, 11) is 0. The van der Waals surface area contributed by atoms with E-state index in [2.05, 4.69) is 0 Å². The number of benzene rings is 1. The Morgan fingerprint density at radius 2 is 2.15 bits per heavy atom. The average molecular weight is 281 g/mol. The van der Waals surface area contributed by atoms with Crippen LogP contribution < -0.4 is 10.5 Å². The second-order valence-electron chi connectivity index (χ2n) is 5.15. The molecule has 2 rings (SSSR count). The van der Waals surface area contributed by atoms with Gasteiger partial charge in [0.1, 0.15) is 24.5 Å². The summed E-state index contributed by atoms with van der Waals surface area (Å²) in [6.45, 7) is 4.59. The van der Waals surface area contributed by atoms with Crippen molar-refractivity contribution >= 4 is 5.97 Å². The Morgan fingerprint density at radius 3 is 2.65 bits per heavy atom. The lowest BCUT2D eigenvalue weighted by Crippen LogP contribution is -2.25. The normalized spacial score (nSPS) is 22.4. The van der Waals surface area contributed by atoms with Crippen molar-refractivity contribution in [3.8, 4) is 5.75 Å². The molecule has 1 saturated heterocycles. The number of aliphatic carboxylic acids is 1. The highest BCUT2D eigenvalue weighted by molar-refractivity contribution is 5.75. The maximum absolute atomic E-state index is 10.8. The highest BCUT2D eigenvalue weighted by atomic mass is 16.7. The lowest BCUT2D eigenvalue weighted by Gasteiger charge is -2.17. The van der Waals surface area contributed by atoms with Crippen molar-refractivity contribution in [3.05, 3.63) is 29.8 Å². The number of carboxylic acid groups (broad SMARTS) is 1. The van der Waals surface area contributed by atoms with E-state index in [1.54, 1.807) is 24.3 Å². The Hall–Kier alpha value is -1.63. The van der Waals surface area contributed by atoms with E-state index in [1.807, 2.05) is 13.8 Å². The summed E-state index contributed by atoms with van der Waals surface area (Å²) in [5.41, 5.74) is 6.05. The van der Waals surface area contributed by atoms with Crippen LogP contribution in [-0.2, 0) is 14.3 Å². The Bertz CT molecular complexity index is 471. The van der Waals surface area contributed by atoms with Gasteiger partial charge in [-0.25, -0.2) is 0 Å². The first-order valence-electron chi connectivity index (χ1n) is 6.40. The fraction of sp³-hybridized carbons (Fsp3) is 0.500. The van der Waals surface area contributed by atoms with Gasteiger partial charge in [0.2, 0.25) is 0 Å². The molecule has 6 heteroatoms. The Kier molecular flexibility index (Phi) is 4.27. The monoisotopic (exact) mass is 281 g/mol. The standard InChI is InChI=1S/C14H19NO5/c1-14(2)19-8-11(20-14)7-18-10-5-3-9(4-6-10)12(15)13(16)17/h3-6,11-12H,7-8,15H2,1-2H3,(H,16,17)/t11-,12?/m1/s1. The van der Waals surface area contributed by atoms with Crippen LogP contribution in [0.4, 0.5) is 0 Å². The molecule has 2 atom stereocenters. The van der Waals surface area contributed by atoms with E-state index in [9.17, 15) is 4.79 Å². The van der Waals surface area contributed by atoms with E-state index < -0.39 is 17.8 Å². The maximum atomic E-state index is 10.8. The van der Waals surface area contributed by atoms with Gasteiger partial charge in [0.05, 0.1) is 6.61 Å². The minimum absolute atomic E-state index is 0.106. The van der Waals surface area contributed by atoms with Gasteiger partial charge in [-0.05, 0) is 31.5 Å². The molecule has 1 aromatic carbocycles. The molecule has 3 N–H and O–H groups in total. The number of carboxylic acids is 1. The molecule has 0 bridgehead atoms. The molecule has 0 saturated carbocycles. The van der Waals surface area contributed by atoms with Crippen LogP contribution in [0.2, 0.25) is 0 Å². The number of carbonyl (C=O) groups is 1. The van der Waals surface area contributed by atoms with Crippen LogP contribution in [0.3, 0.4) is 0 Å². The van der Waals surface area contributed by atoms with Crippen LogP contribution in [0.25, 0.3) is 0 Å². The number of hydrogen-bond acceptors (Lipinski definition) is 5. The van der Waals surface area contributed by atoms with Gasteiger partial charge in [-0.2, -0.15) is 0 Å². The Labute approximate surface area is 117 Å². The van der Waals surface area contributed by atoms with Crippen molar-refractivity contribution in [2.75, 3.05) is 13.2 Å². The summed E-state index contributed by atoms with van der Waals surface area (Å²) >= 11 is 0. The zero-order valence-electron chi connectivity index (χ0n) is 11.5. The van der Waals surface area contributed by atoms with Gasteiger partial charge < -0.3 is 25.1 Å². The van der Waals surface area contributed by atoms with Crippen LogP contribution >= 0.6 is 0 Å². The third-order valence-electron chi connectivity index (χ3n) is 3.01. The van der Waals surface area contributed by atoms with Crippen LogP contribution in [-0.4, -0.2) is 36.2 Å². The SMILES string of the molecule is CC1(C)OC[C@@H](COc2ccc(C(N)C(=O)O)cc2)O1. The molecular formula is C14H19NO5. The summed E-state index contributed by atoms with van der Waals surface area (Å²) < 4.78 is 16.6. The van der Waals surface area contributed by atoms with Crippen LogP contribution in [0.15, 0.2) is 24.3 Å². The molecule has 0 amide bonds. The van der Waals surface area contributed by atoms with Gasteiger partial charge in [0, 0.05) is 0 Å². The van der Waals surface area contributed by atoms with Crippen molar-refractivity contribution in [3.63, 3.8) is 0 Å². The van der Waals surface area contributed by atoms with E-state index in [-0.39, 0.29) is 6.10 Å². The molecule has 1 aliphatic rings. The van der Waals surface area contributed by atoms with Gasteiger partial charge in [-0.3, -0.25) is 4.79 Å². The zero-order valence-corrected chi connectivity index (χ0v) is 11.5. The Morgan fingerprint density at radius 1 is 1.50 bits per heavy atom. The summed E-state index contributed by atoms with van der Waals surface area (Å²) in [6, 6.07) is 5.66. The first-order valence-corrected chi connectivity index (χ1v) is 6.40. The zero-order chi connectivity index (χ0) is 14.8. The number of ether oxygens (including phenoxy) is 3. The van der Waals surface area contributed by atoms with Crippen molar-refractivity contribution in [1.82, 2.24) is 0 Å². The lowest BCUT2D eigenvalue weighted by atomic mass is 10.1. The third-order valence-corrected chi connectivity index (χ3v) is 3.01.